The SMILES string of the molecule is CCCCCCCCCCCCCCCCCCCCCCCCCC(=O)N[C@@H](CO)C(=O)OC. The van der Waals surface area contributed by atoms with Gasteiger partial charge in [-0.25, -0.2) is 4.79 Å². The van der Waals surface area contributed by atoms with Crippen LogP contribution < -0.4 is 5.32 Å². The lowest BCUT2D eigenvalue weighted by molar-refractivity contribution is -0.146. The average Bonchev–Trinajstić information content (AvgIpc) is 2.87. The van der Waals surface area contributed by atoms with Crippen molar-refractivity contribution in [2.24, 2.45) is 0 Å². The van der Waals surface area contributed by atoms with E-state index in [0.717, 1.165) is 19.3 Å². The lowest BCUT2D eigenvalue weighted by Crippen LogP contribution is -2.43. The molecule has 1 amide bonds. The van der Waals surface area contributed by atoms with Gasteiger partial charge in [0, 0.05) is 6.42 Å². The second-order valence-corrected chi connectivity index (χ2v) is 10.4. The van der Waals surface area contributed by atoms with Crippen LogP contribution in [0, 0.1) is 0 Å². The summed E-state index contributed by atoms with van der Waals surface area (Å²) in [5, 5.41) is 11.6. The van der Waals surface area contributed by atoms with E-state index < -0.39 is 18.6 Å². The molecule has 35 heavy (non-hydrogen) atoms. The summed E-state index contributed by atoms with van der Waals surface area (Å²) >= 11 is 0. The van der Waals surface area contributed by atoms with Crippen LogP contribution in [0.15, 0.2) is 0 Å². The monoisotopic (exact) mass is 497 g/mol. The second-order valence-electron chi connectivity index (χ2n) is 10.4. The summed E-state index contributed by atoms with van der Waals surface area (Å²) in [6, 6.07) is -0.947. The molecule has 0 saturated heterocycles. The standard InChI is InChI=1S/C30H59NO4/c1-3-4-5-6-7-8-9-10-11-12-13-14-15-16-17-18-19-20-21-22-23-24-25-26-29(33)31-28(27-32)30(34)35-2/h28,32H,3-27H2,1-2H3,(H,31,33)/t28-/m0/s1. The van der Waals surface area contributed by atoms with Crippen molar-refractivity contribution < 1.29 is 19.4 Å². The van der Waals surface area contributed by atoms with Crippen LogP contribution in [0.25, 0.3) is 0 Å². The van der Waals surface area contributed by atoms with Gasteiger partial charge in [0.1, 0.15) is 0 Å². The Morgan fingerprint density at radius 2 is 0.914 bits per heavy atom. The molecule has 0 aromatic carbocycles. The molecule has 0 aromatic heterocycles. The van der Waals surface area contributed by atoms with Crippen molar-refractivity contribution in [1.29, 1.82) is 0 Å². The Labute approximate surface area is 217 Å². The first kappa shape index (κ1) is 33.9. The predicted molar refractivity (Wildman–Crippen MR) is 148 cm³/mol. The van der Waals surface area contributed by atoms with Gasteiger partial charge in [-0.05, 0) is 6.42 Å². The van der Waals surface area contributed by atoms with E-state index in [0.29, 0.717) is 6.42 Å². The van der Waals surface area contributed by atoms with Crippen molar-refractivity contribution in [2.45, 2.75) is 167 Å². The highest BCUT2D eigenvalue weighted by molar-refractivity contribution is 5.84. The third-order valence-electron chi connectivity index (χ3n) is 7.01. The molecule has 5 nitrogen and oxygen atoms in total. The summed E-state index contributed by atoms with van der Waals surface area (Å²) in [6.07, 6.45) is 31.5. The number of ether oxygens (including phenoxy) is 1. The van der Waals surface area contributed by atoms with E-state index in [1.807, 2.05) is 0 Å². The molecule has 0 fully saturated rings. The van der Waals surface area contributed by atoms with E-state index in [2.05, 4.69) is 17.0 Å². The molecule has 208 valence electrons. The number of hydrogen-bond donors (Lipinski definition) is 2. The lowest BCUT2D eigenvalue weighted by atomic mass is 10.0. The van der Waals surface area contributed by atoms with Crippen LogP contribution in [0.3, 0.4) is 0 Å². The van der Waals surface area contributed by atoms with Crippen LogP contribution >= 0.6 is 0 Å². The van der Waals surface area contributed by atoms with E-state index in [9.17, 15) is 9.59 Å². The summed E-state index contributed by atoms with van der Waals surface area (Å²) in [6.45, 7) is 1.85. The Morgan fingerprint density at radius 3 is 1.20 bits per heavy atom. The maximum absolute atomic E-state index is 11.8. The molecule has 0 aromatic rings. The predicted octanol–water partition coefficient (Wildman–Crippen LogP) is 8.02. The molecule has 0 aliphatic rings. The minimum atomic E-state index is -0.947. The topological polar surface area (TPSA) is 75.6 Å². The fourth-order valence-electron chi connectivity index (χ4n) is 4.66. The van der Waals surface area contributed by atoms with Crippen molar-refractivity contribution in [2.75, 3.05) is 13.7 Å². The zero-order valence-electron chi connectivity index (χ0n) is 23.4. The second kappa shape index (κ2) is 27.5. The quantitative estimate of drug-likeness (QED) is 0.0890. The number of amides is 1. The number of rotatable bonds is 27. The fourth-order valence-corrected chi connectivity index (χ4v) is 4.66. The molecule has 5 heteroatoms. The summed E-state index contributed by atoms with van der Waals surface area (Å²) in [5.41, 5.74) is 0. The van der Waals surface area contributed by atoms with Gasteiger partial charge in [0.25, 0.3) is 0 Å². The largest absolute Gasteiger partial charge is 0.467 e. The number of methoxy groups -OCH3 is 1. The molecule has 0 unspecified atom stereocenters. The highest BCUT2D eigenvalue weighted by atomic mass is 16.5. The van der Waals surface area contributed by atoms with Crippen molar-refractivity contribution in [3.05, 3.63) is 0 Å². The molecule has 2 N–H and O–H groups in total. The lowest BCUT2D eigenvalue weighted by Gasteiger charge is -2.13. The van der Waals surface area contributed by atoms with Crippen LogP contribution in [0.5, 0.6) is 0 Å². The van der Waals surface area contributed by atoms with Gasteiger partial charge in [-0.2, -0.15) is 0 Å². The Kier molecular flexibility index (Phi) is 26.6. The van der Waals surface area contributed by atoms with Gasteiger partial charge in [-0.1, -0.05) is 148 Å². The molecule has 0 heterocycles. The van der Waals surface area contributed by atoms with Gasteiger partial charge >= 0.3 is 5.97 Å². The van der Waals surface area contributed by atoms with E-state index in [1.165, 1.54) is 136 Å². The van der Waals surface area contributed by atoms with Crippen molar-refractivity contribution in [3.8, 4) is 0 Å². The van der Waals surface area contributed by atoms with Crippen molar-refractivity contribution in [1.82, 2.24) is 5.32 Å². The number of esters is 1. The first-order chi connectivity index (χ1) is 17.2. The van der Waals surface area contributed by atoms with Crippen LogP contribution in [-0.2, 0) is 14.3 Å². The van der Waals surface area contributed by atoms with Crippen LogP contribution in [0.2, 0.25) is 0 Å². The molecule has 0 aliphatic carbocycles. The zero-order valence-corrected chi connectivity index (χ0v) is 23.4. The Hall–Kier alpha value is -1.10. The van der Waals surface area contributed by atoms with Crippen LogP contribution in [0.1, 0.15) is 161 Å². The minimum Gasteiger partial charge on any atom is -0.467 e. The van der Waals surface area contributed by atoms with Gasteiger partial charge in [-0.3, -0.25) is 4.79 Å². The number of carbonyl (C=O) groups is 2. The first-order valence-electron chi connectivity index (χ1n) is 15.1. The maximum atomic E-state index is 11.8. The molecule has 0 spiro atoms. The van der Waals surface area contributed by atoms with E-state index >= 15 is 0 Å². The van der Waals surface area contributed by atoms with Crippen LogP contribution in [0.4, 0.5) is 0 Å². The molecule has 0 rings (SSSR count). The molecule has 1 atom stereocenters. The third-order valence-corrected chi connectivity index (χ3v) is 7.01. The Morgan fingerprint density at radius 1 is 0.600 bits per heavy atom. The molecule has 0 bridgehead atoms. The number of nitrogens with one attached hydrogen (secondary N) is 1. The molecule has 0 aliphatic heterocycles. The molecule has 0 saturated carbocycles. The average molecular weight is 498 g/mol. The molecular formula is C30H59NO4. The minimum absolute atomic E-state index is 0.196. The zero-order chi connectivity index (χ0) is 25.8. The van der Waals surface area contributed by atoms with E-state index in [-0.39, 0.29) is 5.91 Å². The number of carbonyl (C=O) groups excluding carboxylic acids is 2. The van der Waals surface area contributed by atoms with Gasteiger partial charge < -0.3 is 15.2 Å². The van der Waals surface area contributed by atoms with Crippen molar-refractivity contribution in [3.63, 3.8) is 0 Å². The number of unbranched alkanes of at least 4 members (excludes halogenated alkanes) is 22. The normalized spacial score (nSPS) is 12.0. The molecule has 0 radical (unpaired) electrons. The third kappa shape index (κ3) is 24.4. The summed E-state index contributed by atoms with van der Waals surface area (Å²) in [5.74, 6) is -0.803. The number of aliphatic hydroxyl groups excluding tert-OH is 1. The van der Waals surface area contributed by atoms with Gasteiger partial charge in [0.2, 0.25) is 5.91 Å². The Balaban J connectivity index is 3.22. The number of hydrogen-bond acceptors (Lipinski definition) is 4. The summed E-state index contributed by atoms with van der Waals surface area (Å²) in [4.78, 5) is 23.2. The summed E-state index contributed by atoms with van der Waals surface area (Å²) in [7, 11) is 1.25. The maximum Gasteiger partial charge on any atom is 0.330 e. The van der Waals surface area contributed by atoms with Crippen molar-refractivity contribution >= 4 is 11.9 Å². The van der Waals surface area contributed by atoms with Gasteiger partial charge in [0.05, 0.1) is 13.7 Å². The van der Waals surface area contributed by atoms with Gasteiger partial charge in [0.15, 0.2) is 6.04 Å². The van der Waals surface area contributed by atoms with E-state index in [4.69, 9.17) is 5.11 Å². The highest BCUT2D eigenvalue weighted by Crippen LogP contribution is 2.15. The number of aliphatic hydroxyl groups is 1. The van der Waals surface area contributed by atoms with E-state index in [1.54, 1.807) is 0 Å². The molecular weight excluding hydrogens is 438 g/mol. The smallest absolute Gasteiger partial charge is 0.330 e. The first-order valence-corrected chi connectivity index (χ1v) is 15.1. The van der Waals surface area contributed by atoms with Crippen LogP contribution in [-0.4, -0.2) is 36.7 Å². The summed E-state index contributed by atoms with van der Waals surface area (Å²) < 4.78 is 4.55. The Bertz CT molecular complexity index is 469. The fraction of sp³-hybridized carbons (Fsp3) is 0.933. The highest BCUT2D eigenvalue weighted by Gasteiger charge is 2.19. The van der Waals surface area contributed by atoms with Gasteiger partial charge in [-0.15, -0.1) is 0 Å².